The zero-order valence-electron chi connectivity index (χ0n) is 10.1. The van der Waals surface area contributed by atoms with E-state index in [2.05, 4.69) is 50.1 Å². The Bertz CT molecular complexity index is 368. The van der Waals surface area contributed by atoms with Gasteiger partial charge in [-0.05, 0) is 38.8 Å². The highest BCUT2D eigenvalue weighted by Gasteiger charge is 2.12. The van der Waals surface area contributed by atoms with Crippen molar-refractivity contribution in [2.24, 2.45) is 0 Å². The summed E-state index contributed by atoms with van der Waals surface area (Å²) >= 11 is 0. The van der Waals surface area contributed by atoms with Gasteiger partial charge < -0.3 is 4.90 Å². The summed E-state index contributed by atoms with van der Waals surface area (Å²) in [4.78, 5) is 2.10. The Hall–Kier alpha value is -1.50. The summed E-state index contributed by atoms with van der Waals surface area (Å²) in [6, 6.07) is 6.30. The van der Waals surface area contributed by atoms with Crippen LogP contribution in [-0.2, 0) is 0 Å². The second-order valence-corrected chi connectivity index (χ2v) is 4.05. The minimum absolute atomic E-state index is 1.000. The molecule has 1 aromatic rings. The highest BCUT2D eigenvalue weighted by molar-refractivity contribution is 5.65. The van der Waals surface area contributed by atoms with E-state index in [1.165, 1.54) is 16.8 Å². The molecule has 80 valence electrons. The molecule has 0 heterocycles. The summed E-state index contributed by atoms with van der Waals surface area (Å²) in [5.74, 6) is 0. The Morgan fingerprint density at radius 3 is 1.73 bits per heavy atom. The summed E-state index contributed by atoms with van der Waals surface area (Å²) in [7, 11) is 0. The van der Waals surface area contributed by atoms with E-state index < -0.39 is 0 Å². The molecule has 0 aliphatic heterocycles. The van der Waals surface area contributed by atoms with Crippen molar-refractivity contribution in [1.82, 2.24) is 0 Å². The van der Waals surface area contributed by atoms with Crippen molar-refractivity contribution in [1.29, 1.82) is 0 Å². The van der Waals surface area contributed by atoms with Crippen LogP contribution in [0.1, 0.15) is 25.0 Å². The molecule has 0 aliphatic rings. The Balaban J connectivity index is 3.35. The molecule has 0 radical (unpaired) electrons. The molecular formula is C14H19N. The molecule has 0 aliphatic carbocycles. The highest BCUT2D eigenvalue weighted by Crippen LogP contribution is 2.29. The summed E-state index contributed by atoms with van der Waals surface area (Å²) in [6.45, 7) is 16.2. The van der Waals surface area contributed by atoms with Crippen LogP contribution in [0, 0.1) is 13.8 Å². The maximum absolute atomic E-state index is 4.00. The van der Waals surface area contributed by atoms with E-state index >= 15 is 0 Å². The van der Waals surface area contributed by atoms with Gasteiger partial charge in [-0.15, -0.1) is 0 Å². The van der Waals surface area contributed by atoms with Gasteiger partial charge in [-0.25, -0.2) is 0 Å². The molecule has 15 heavy (non-hydrogen) atoms. The number of benzene rings is 1. The number of anilines is 1. The van der Waals surface area contributed by atoms with Gasteiger partial charge in [0.15, 0.2) is 0 Å². The molecule has 1 aromatic carbocycles. The fourth-order valence-electron chi connectivity index (χ4n) is 1.87. The fraction of sp³-hybridized carbons (Fsp3) is 0.286. The third-order valence-electron chi connectivity index (χ3n) is 2.43. The topological polar surface area (TPSA) is 3.24 Å². The molecular weight excluding hydrogens is 182 g/mol. The van der Waals surface area contributed by atoms with E-state index in [1.54, 1.807) is 0 Å². The molecule has 1 heteroatoms. The van der Waals surface area contributed by atoms with Gasteiger partial charge in [-0.2, -0.15) is 0 Å². The predicted octanol–water partition coefficient (Wildman–Crippen LogP) is 4.18. The van der Waals surface area contributed by atoms with Crippen molar-refractivity contribution in [2.45, 2.75) is 27.7 Å². The van der Waals surface area contributed by atoms with Gasteiger partial charge in [0.05, 0.1) is 5.69 Å². The minimum Gasteiger partial charge on any atom is -0.319 e. The Kier molecular flexibility index (Phi) is 3.35. The van der Waals surface area contributed by atoms with E-state index in [9.17, 15) is 0 Å². The average molecular weight is 201 g/mol. The van der Waals surface area contributed by atoms with E-state index in [-0.39, 0.29) is 0 Å². The van der Waals surface area contributed by atoms with Gasteiger partial charge in [-0.1, -0.05) is 31.4 Å². The molecule has 0 amide bonds. The van der Waals surface area contributed by atoms with Crippen molar-refractivity contribution in [3.63, 3.8) is 0 Å². The van der Waals surface area contributed by atoms with E-state index in [0.717, 1.165) is 11.4 Å². The lowest BCUT2D eigenvalue weighted by atomic mass is 10.1. The number of allylic oxidation sites excluding steroid dienone is 2. The Morgan fingerprint density at radius 1 is 1.00 bits per heavy atom. The summed E-state index contributed by atoms with van der Waals surface area (Å²) in [6.07, 6.45) is 0. The first-order valence-electron chi connectivity index (χ1n) is 5.12. The summed E-state index contributed by atoms with van der Waals surface area (Å²) in [5, 5.41) is 0. The first-order chi connectivity index (χ1) is 6.95. The number of hydrogen-bond donors (Lipinski definition) is 0. The summed E-state index contributed by atoms with van der Waals surface area (Å²) < 4.78 is 0. The number of nitrogens with zero attached hydrogens (tertiary/aromatic N) is 1. The SMILES string of the molecule is C=C(C)N(C(=C)C)c1c(C)cccc1C. The van der Waals surface area contributed by atoms with Gasteiger partial charge in [0.25, 0.3) is 0 Å². The highest BCUT2D eigenvalue weighted by atomic mass is 15.1. The van der Waals surface area contributed by atoms with Gasteiger partial charge >= 0.3 is 0 Å². The molecule has 0 aromatic heterocycles. The first-order valence-corrected chi connectivity index (χ1v) is 5.12. The smallest absolute Gasteiger partial charge is 0.0512 e. The van der Waals surface area contributed by atoms with Crippen molar-refractivity contribution in [3.05, 3.63) is 53.9 Å². The third-order valence-corrected chi connectivity index (χ3v) is 2.43. The van der Waals surface area contributed by atoms with Gasteiger partial charge in [-0.3, -0.25) is 0 Å². The molecule has 0 N–H and O–H groups in total. The van der Waals surface area contributed by atoms with Gasteiger partial charge in [0.1, 0.15) is 0 Å². The monoisotopic (exact) mass is 201 g/mol. The maximum atomic E-state index is 4.00. The quantitative estimate of drug-likeness (QED) is 0.709. The molecule has 1 nitrogen and oxygen atoms in total. The fourth-order valence-corrected chi connectivity index (χ4v) is 1.87. The van der Waals surface area contributed by atoms with Crippen LogP contribution in [0.15, 0.2) is 42.8 Å². The third kappa shape index (κ3) is 2.30. The average Bonchev–Trinajstić information content (AvgIpc) is 2.09. The molecule has 0 spiro atoms. The lowest BCUT2D eigenvalue weighted by Crippen LogP contribution is -2.19. The van der Waals surface area contributed by atoms with Crippen LogP contribution in [-0.4, -0.2) is 0 Å². The molecule has 1 rings (SSSR count). The van der Waals surface area contributed by atoms with Crippen LogP contribution in [0.4, 0.5) is 5.69 Å². The summed E-state index contributed by atoms with van der Waals surface area (Å²) in [5.41, 5.74) is 5.71. The van der Waals surface area contributed by atoms with Gasteiger partial charge in [0.2, 0.25) is 0 Å². The second kappa shape index (κ2) is 4.35. The minimum atomic E-state index is 1.000. The predicted molar refractivity (Wildman–Crippen MR) is 68.0 cm³/mol. The largest absolute Gasteiger partial charge is 0.319 e. The Morgan fingerprint density at radius 2 is 1.40 bits per heavy atom. The van der Waals surface area contributed by atoms with Crippen LogP contribution < -0.4 is 4.90 Å². The van der Waals surface area contributed by atoms with Crippen molar-refractivity contribution < 1.29 is 0 Å². The van der Waals surface area contributed by atoms with Crippen LogP contribution in [0.3, 0.4) is 0 Å². The van der Waals surface area contributed by atoms with Crippen molar-refractivity contribution >= 4 is 5.69 Å². The number of hydrogen-bond acceptors (Lipinski definition) is 1. The zero-order valence-corrected chi connectivity index (χ0v) is 10.1. The zero-order chi connectivity index (χ0) is 11.6. The maximum Gasteiger partial charge on any atom is 0.0512 e. The molecule has 0 unspecified atom stereocenters. The molecule has 0 atom stereocenters. The normalized spacial score (nSPS) is 9.87. The second-order valence-electron chi connectivity index (χ2n) is 4.05. The standard InChI is InChI=1S/C14H19N/c1-10(2)15(11(3)4)14-12(5)8-7-9-13(14)6/h7-9H,1,3H2,2,4-6H3. The number of rotatable bonds is 3. The number of aryl methyl sites for hydroxylation is 2. The van der Waals surface area contributed by atoms with Crippen molar-refractivity contribution in [2.75, 3.05) is 4.90 Å². The van der Waals surface area contributed by atoms with Crippen LogP contribution in [0.25, 0.3) is 0 Å². The molecule has 0 fully saturated rings. The lowest BCUT2D eigenvalue weighted by molar-refractivity contribution is 1.05. The van der Waals surface area contributed by atoms with E-state index in [4.69, 9.17) is 0 Å². The Labute approximate surface area is 92.7 Å². The van der Waals surface area contributed by atoms with E-state index in [1.807, 2.05) is 13.8 Å². The lowest BCUT2D eigenvalue weighted by Gasteiger charge is -2.28. The number of para-hydroxylation sites is 1. The van der Waals surface area contributed by atoms with Crippen LogP contribution >= 0.6 is 0 Å². The molecule has 0 bridgehead atoms. The van der Waals surface area contributed by atoms with Crippen molar-refractivity contribution in [3.8, 4) is 0 Å². The van der Waals surface area contributed by atoms with E-state index in [0.29, 0.717) is 0 Å². The molecule has 0 saturated carbocycles. The molecule has 0 saturated heterocycles. The van der Waals surface area contributed by atoms with Crippen LogP contribution in [0.5, 0.6) is 0 Å². The van der Waals surface area contributed by atoms with Crippen LogP contribution in [0.2, 0.25) is 0 Å². The van der Waals surface area contributed by atoms with Gasteiger partial charge in [0, 0.05) is 11.4 Å². The first kappa shape index (κ1) is 11.6.